The molecule has 25 heavy (non-hydrogen) atoms. The first-order chi connectivity index (χ1) is 12.1. The van der Waals surface area contributed by atoms with Gasteiger partial charge in [0.1, 0.15) is 5.75 Å². The van der Waals surface area contributed by atoms with Crippen LogP contribution in [0, 0.1) is 0 Å². The fourth-order valence-corrected chi connectivity index (χ4v) is 2.39. The fourth-order valence-electron chi connectivity index (χ4n) is 2.39. The lowest BCUT2D eigenvalue weighted by molar-refractivity contribution is 0.102. The lowest BCUT2D eigenvalue weighted by Crippen LogP contribution is -2.15. The highest BCUT2D eigenvalue weighted by molar-refractivity contribution is 6.05. The summed E-state index contributed by atoms with van der Waals surface area (Å²) in [6, 6.07) is 9.25. The standard InChI is InChI=1S/C20H27N3O2/c1-4-5-8-11-22-17-12-16(13-21-14-17)20(24)23-18-9-6-7-10-19(18)25-15(2)3/h6-7,9-10,12-15,22H,4-5,8,11H2,1-3H3,(H,23,24). The molecule has 2 rings (SSSR count). The minimum absolute atomic E-state index is 0.0374. The number of ether oxygens (including phenoxy) is 1. The van der Waals surface area contributed by atoms with Gasteiger partial charge < -0.3 is 15.4 Å². The summed E-state index contributed by atoms with van der Waals surface area (Å²) >= 11 is 0. The van der Waals surface area contributed by atoms with E-state index in [1.54, 1.807) is 12.4 Å². The predicted octanol–water partition coefficient (Wildman–Crippen LogP) is 4.72. The summed E-state index contributed by atoms with van der Waals surface area (Å²) in [4.78, 5) is 16.7. The highest BCUT2D eigenvalue weighted by atomic mass is 16.5. The second kappa shape index (κ2) is 9.67. The van der Waals surface area contributed by atoms with Gasteiger partial charge in [-0.1, -0.05) is 31.9 Å². The number of carbonyl (C=O) groups is 1. The van der Waals surface area contributed by atoms with Crippen LogP contribution in [-0.4, -0.2) is 23.5 Å². The van der Waals surface area contributed by atoms with Gasteiger partial charge in [-0.2, -0.15) is 0 Å². The zero-order chi connectivity index (χ0) is 18.1. The highest BCUT2D eigenvalue weighted by Gasteiger charge is 2.11. The maximum absolute atomic E-state index is 12.5. The molecular weight excluding hydrogens is 314 g/mol. The summed E-state index contributed by atoms with van der Waals surface area (Å²) in [5.74, 6) is 0.456. The van der Waals surface area contributed by atoms with Gasteiger partial charge in [0.2, 0.25) is 0 Å². The van der Waals surface area contributed by atoms with Gasteiger partial charge in [-0.25, -0.2) is 0 Å². The Hall–Kier alpha value is -2.56. The molecule has 1 aromatic carbocycles. The molecule has 0 unspecified atom stereocenters. The molecule has 0 aliphatic heterocycles. The van der Waals surface area contributed by atoms with Crippen molar-refractivity contribution < 1.29 is 9.53 Å². The minimum Gasteiger partial charge on any atom is -0.489 e. The number of anilines is 2. The van der Waals surface area contributed by atoms with Crippen molar-refractivity contribution in [2.24, 2.45) is 0 Å². The van der Waals surface area contributed by atoms with Crippen molar-refractivity contribution in [1.29, 1.82) is 0 Å². The summed E-state index contributed by atoms with van der Waals surface area (Å²) in [7, 11) is 0. The molecule has 2 N–H and O–H groups in total. The summed E-state index contributed by atoms with van der Waals surface area (Å²) in [5.41, 5.74) is 2.03. The van der Waals surface area contributed by atoms with Crippen molar-refractivity contribution in [3.63, 3.8) is 0 Å². The first-order valence-corrected chi connectivity index (χ1v) is 8.86. The Labute approximate surface area is 149 Å². The Kier molecular flexibility index (Phi) is 7.26. The van der Waals surface area contributed by atoms with Crippen molar-refractivity contribution in [3.8, 4) is 5.75 Å². The lowest BCUT2D eigenvalue weighted by Gasteiger charge is -2.15. The predicted molar refractivity (Wildman–Crippen MR) is 102 cm³/mol. The van der Waals surface area contributed by atoms with Crippen LogP contribution in [-0.2, 0) is 0 Å². The van der Waals surface area contributed by atoms with Gasteiger partial charge in [-0.05, 0) is 38.5 Å². The molecule has 0 aliphatic rings. The number of carbonyl (C=O) groups excluding carboxylic acids is 1. The molecule has 0 saturated carbocycles. The zero-order valence-corrected chi connectivity index (χ0v) is 15.2. The first kappa shape index (κ1) is 18.8. The number of nitrogens with one attached hydrogen (secondary N) is 2. The number of rotatable bonds is 9. The maximum atomic E-state index is 12.5. The Morgan fingerprint density at radius 2 is 2.00 bits per heavy atom. The van der Waals surface area contributed by atoms with E-state index >= 15 is 0 Å². The van der Waals surface area contributed by atoms with E-state index in [0.717, 1.165) is 18.7 Å². The van der Waals surface area contributed by atoms with Crippen LogP contribution in [0.5, 0.6) is 5.75 Å². The third-order valence-corrected chi connectivity index (χ3v) is 3.61. The molecular formula is C20H27N3O2. The molecule has 0 aliphatic carbocycles. The second-order valence-corrected chi connectivity index (χ2v) is 6.21. The number of nitrogens with zero attached hydrogens (tertiary/aromatic N) is 1. The molecule has 2 aromatic rings. The van der Waals surface area contributed by atoms with Crippen LogP contribution >= 0.6 is 0 Å². The van der Waals surface area contributed by atoms with Crippen molar-refractivity contribution >= 4 is 17.3 Å². The Bertz CT molecular complexity index is 686. The smallest absolute Gasteiger partial charge is 0.257 e. The van der Waals surface area contributed by atoms with Gasteiger partial charge in [0.05, 0.1) is 23.0 Å². The fraction of sp³-hybridized carbons (Fsp3) is 0.400. The Morgan fingerprint density at radius 3 is 2.76 bits per heavy atom. The molecule has 0 radical (unpaired) electrons. The van der Waals surface area contributed by atoms with Gasteiger partial charge in [0.15, 0.2) is 0 Å². The average Bonchev–Trinajstić information content (AvgIpc) is 2.60. The molecule has 1 aromatic heterocycles. The number of aromatic nitrogens is 1. The van der Waals surface area contributed by atoms with Crippen molar-refractivity contribution in [3.05, 3.63) is 48.3 Å². The molecule has 5 heteroatoms. The van der Waals surface area contributed by atoms with Gasteiger partial charge in [0, 0.05) is 18.9 Å². The molecule has 0 bridgehead atoms. The van der Waals surface area contributed by atoms with E-state index in [4.69, 9.17) is 4.74 Å². The van der Waals surface area contributed by atoms with E-state index in [0.29, 0.717) is 17.0 Å². The number of benzene rings is 1. The van der Waals surface area contributed by atoms with E-state index in [1.807, 2.05) is 44.2 Å². The Morgan fingerprint density at radius 1 is 1.20 bits per heavy atom. The average molecular weight is 341 g/mol. The summed E-state index contributed by atoms with van der Waals surface area (Å²) < 4.78 is 5.74. The van der Waals surface area contributed by atoms with Crippen molar-refractivity contribution in [2.45, 2.75) is 46.1 Å². The monoisotopic (exact) mass is 341 g/mol. The number of pyridine rings is 1. The van der Waals surface area contributed by atoms with Crippen LogP contribution in [0.3, 0.4) is 0 Å². The van der Waals surface area contributed by atoms with Crippen LogP contribution in [0.1, 0.15) is 50.4 Å². The minimum atomic E-state index is -0.204. The third-order valence-electron chi connectivity index (χ3n) is 3.61. The van der Waals surface area contributed by atoms with Crippen LogP contribution < -0.4 is 15.4 Å². The maximum Gasteiger partial charge on any atom is 0.257 e. The normalized spacial score (nSPS) is 10.6. The van der Waals surface area contributed by atoms with Crippen LogP contribution in [0.2, 0.25) is 0 Å². The van der Waals surface area contributed by atoms with E-state index in [-0.39, 0.29) is 12.0 Å². The highest BCUT2D eigenvalue weighted by Crippen LogP contribution is 2.25. The van der Waals surface area contributed by atoms with E-state index in [2.05, 4.69) is 22.5 Å². The van der Waals surface area contributed by atoms with Crippen LogP contribution in [0.25, 0.3) is 0 Å². The molecule has 5 nitrogen and oxygen atoms in total. The molecule has 1 amide bonds. The molecule has 0 saturated heterocycles. The summed E-state index contributed by atoms with van der Waals surface area (Å²) in [6.45, 7) is 6.96. The third kappa shape index (κ3) is 6.10. The topological polar surface area (TPSA) is 63.2 Å². The van der Waals surface area contributed by atoms with E-state index in [1.165, 1.54) is 12.8 Å². The molecule has 0 atom stereocenters. The molecule has 134 valence electrons. The number of hydrogen-bond acceptors (Lipinski definition) is 4. The van der Waals surface area contributed by atoms with E-state index in [9.17, 15) is 4.79 Å². The molecule has 0 fully saturated rings. The number of amides is 1. The second-order valence-electron chi connectivity index (χ2n) is 6.21. The van der Waals surface area contributed by atoms with Gasteiger partial charge in [0.25, 0.3) is 5.91 Å². The summed E-state index contributed by atoms with van der Waals surface area (Å²) in [5, 5.41) is 6.21. The lowest BCUT2D eigenvalue weighted by atomic mass is 10.2. The quantitative estimate of drug-likeness (QED) is 0.648. The number of para-hydroxylation sites is 2. The SMILES string of the molecule is CCCCCNc1cncc(C(=O)Nc2ccccc2OC(C)C)c1. The number of hydrogen-bond donors (Lipinski definition) is 2. The van der Waals surface area contributed by atoms with Gasteiger partial charge in [-0.15, -0.1) is 0 Å². The zero-order valence-electron chi connectivity index (χ0n) is 15.2. The number of unbranched alkanes of at least 4 members (excludes halogenated alkanes) is 2. The Balaban J connectivity index is 2.04. The van der Waals surface area contributed by atoms with Gasteiger partial charge >= 0.3 is 0 Å². The largest absolute Gasteiger partial charge is 0.489 e. The van der Waals surface area contributed by atoms with Crippen molar-refractivity contribution in [2.75, 3.05) is 17.2 Å². The van der Waals surface area contributed by atoms with Crippen LogP contribution in [0.15, 0.2) is 42.7 Å². The van der Waals surface area contributed by atoms with E-state index < -0.39 is 0 Å². The molecule has 1 heterocycles. The van der Waals surface area contributed by atoms with Crippen molar-refractivity contribution in [1.82, 2.24) is 4.98 Å². The first-order valence-electron chi connectivity index (χ1n) is 8.86. The summed E-state index contributed by atoms with van der Waals surface area (Å²) in [6.07, 6.45) is 6.81. The van der Waals surface area contributed by atoms with Gasteiger partial charge in [-0.3, -0.25) is 9.78 Å². The molecule has 0 spiro atoms. The van der Waals surface area contributed by atoms with Crippen LogP contribution in [0.4, 0.5) is 11.4 Å².